The minimum atomic E-state index is -0.408. The summed E-state index contributed by atoms with van der Waals surface area (Å²) >= 11 is 0. The maximum atomic E-state index is 12.9. The number of halogens is 1. The molecule has 0 saturated heterocycles. The van der Waals surface area contributed by atoms with Crippen molar-refractivity contribution in [3.8, 4) is 5.75 Å². The van der Waals surface area contributed by atoms with Crippen LogP contribution in [-0.4, -0.2) is 11.8 Å². The molecule has 0 bridgehead atoms. The lowest BCUT2D eigenvalue weighted by molar-refractivity contribution is -0.117. The molecule has 28 heavy (non-hydrogen) atoms. The van der Waals surface area contributed by atoms with E-state index in [4.69, 9.17) is 10.5 Å². The Morgan fingerprint density at radius 3 is 2.29 bits per heavy atom. The second-order valence-electron chi connectivity index (χ2n) is 6.24. The molecule has 142 valence electrons. The molecule has 0 radical (unpaired) electrons. The topological polar surface area (TPSA) is 81.4 Å². The fourth-order valence-corrected chi connectivity index (χ4v) is 2.58. The smallest absolute Gasteiger partial charge is 0.255 e. The maximum absolute atomic E-state index is 12.9. The van der Waals surface area contributed by atoms with Crippen LogP contribution in [0.15, 0.2) is 72.8 Å². The summed E-state index contributed by atoms with van der Waals surface area (Å²) in [5.41, 5.74) is 7.82. The largest absolute Gasteiger partial charge is 0.489 e. The van der Waals surface area contributed by atoms with Gasteiger partial charge in [0.25, 0.3) is 5.91 Å². The molecule has 0 aliphatic rings. The molecular weight excluding hydrogens is 359 g/mol. The lowest BCUT2D eigenvalue weighted by Gasteiger charge is -2.09. The Morgan fingerprint density at radius 2 is 1.61 bits per heavy atom. The molecule has 3 rings (SSSR count). The van der Waals surface area contributed by atoms with Crippen molar-refractivity contribution >= 4 is 17.5 Å². The average molecular weight is 378 g/mol. The molecule has 0 fully saturated rings. The first-order valence-corrected chi connectivity index (χ1v) is 8.65. The van der Waals surface area contributed by atoms with Crippen LogP contribution in [0.25, 0.3) is 0 Å². The van der Waals surface area contributed by atoms with E-state index in [0.717, 1.165) is 11.1 Å². The normalized spacial score (nSPS) is 10.3. The van der Waals surface area contributed by atoms with Crippen molar-refractivity contribution in [3.63, 3.8) is 0 Å². The van der Waals surface area contributed by atoms with Gasteiger partial charge < -0.3 is 15.8 Å². The van der Waals surface area contributed by atoms with Crippen molar-refractivity contribution < 1.29 is 18.7 Å². The Hall–Kier alpha value is -3.67. The number of amides is 2. The highest BCUT2D eigenvalue weighted by molar-refractivity contribution is 6.04. The van der Waals surface area contributed by atoms with Crippen molar-refractivity contribution in [2.45, 2.75) is 13.0 Å². The molecule has 0 atom stereocenters. The number of hydrogen-bond acceptors (Lipinski definition) is 3. The van der Waals surface area contributed by atoms with E-state index in [-0.39, 0.29) is 24.8 Å². The van der Waals surface area contributed by atoms with Crippen LogP contribution in [0.2, 0.25) is 0 Å². The SMILES string of the molecule is NC(=O)Cc1ccc(NC(=O)c2cccc(OCc3ccc(F)cc3)c2)cc1. The van der Waals surface area contributed by atoms with Gasteiger partial charge in [0.05, 0.1) is 6.42 Å². The zero-order chi connectivity index (χ0) is 19.9. The molecule has 6 heteroatoms. The maximum Gasteiger partial charge on any atom is 0.255 e. The summed E-state index contributed by atoms with van der Waals surface area (Å²) in [7, 11) is 0. The predicted octanol–water partition coefficient (Wildman–Crippen LogP) is 3.68. The van der Waals surface area contributed by atoms with Gasteiger partial charge >= 0.3 is 0 Å². The number of anilines is 1. The Balaban J connectivity index is 1.61. The number of primary amides is 1. The van der Waals surface area contributed by atoms with Gasteiger partial charge in [-0.15, -0.1) is 0 Å². The number of benzene rings is 3. The van der Waals surface area contributed by atoms with Gasteiger partial charge in [0, 0.05) is 11.3 Å². The fourth-order valence-electron chi connectivity index (χ4n) is 2.58. The summed E-state index contributed by atoms with van der Waals surface area (Å²) in [5, 5.41) is 2.79. The number of rotatable bonds is 7. The van der Waals surface area contributed by atoms with E-state index >= 15 is 0 Å². The van der Waals surface area contributed by atoms with Crippen LogP contribution in [0.4, 0.5) is 10.1 Å². The molecule has 5 nitrogen and oxygen atoms in total. The minimum absolute atomic E-state index is 0.154. The summed E-state index contributed by atoms with van der Waals surface area (Å²) in [6, 6.07) is 19.7. The van der Waals surface area contributed by atoms with Crippen molar-refractivity contribution in [2.75, 3.05) is 5.32 Å². The monoisotopic (exact) mass is 378 g/mol. The summed E-state index contributed by atoms with van der Waals surface area (Å²) in [5.74, 6) is -0.456. The van der Waals surface area contributed by atoms with Crippen LogP contribution in [0, 0.1) is 5.82 Å². The second kappa shape index (κ2) is 8.81. The highest BCUT2D eigenvalue weighted by Crippen LogP contribution is 2.17. The third kappa shape index (κ3) is 5.41. The number of carbonyl (C=O) groups excluding carboxylic acids is 2. The van der Waals surface area contributed by atoms with Gasteiger partial charge in [-0.2, -0.15) is 0 Å². The molecule has 0 saturated carbocycles. The Labute approximate surface area is 161 Å². The first-order valence-electron chi connectivity index (χ1n) is 8.65. The van der Waals surface area contributed by atoms with Crippen LogP contribution in [0.5, 0.6) is 5.75 Å². The van der Waals surface area contributed by atoms with Gasteiger partial charge in [-0.3, -0.25) is 9.59 Å². The van der Waals surface area contributed by atoms with Crippen molar-refractivity contribution in [1.29, 1.82) is 0 Å². The molecular formula is C22H19FN2O3. The molecule has 0 aliphatic heterocycles. The first kappa shape index (κ1) is 19.1. The molecule has 0 heterocycles. The van der Waals surface area contributed by atoms with Crippen LogP contribution in [-0.2, 0) is 17.8 Å². The van der Waals surface area contributed by atoms with Gasteiger partial charge in [-0.05, 0) is 53.6 Å². The highest BCUT2D eigenvalue weighted by Gasteiger charge is 2.08. The zero-order valence-electron chi connectivity index (χ0n) is 15.0. The number of carbonyl (C=O) groups is 2. The van der Waals surface area contributed by atoms with Gasteiger partial charge in [0.1, 0.15) is 18.2 Å². The van der Waals surface area contributed by atoms with Crippen molar-refractivity contribution in [2.24, 2.45) is 5.73 Å². The van der Waals surface area contributed by atoms with Crippen LogP contribution < -0.4 is 15.8 Å². The van der Waals surface area contributed by atoms with E-state index in [1.54, 1.807) is 60.7 Å². The van der Waals surface area contributed by atoms with Crippen LogP contribution >= 0.6 is 0 Å². The first-order chi connectivity index (χ1) is 13.5. The van der Waals surface area contributed by atoms with E-state index in [1.165, 1.54) is 12.1 Å². The number of ether oxygens (including phenoxy) is 1. The van der Waals surface area contributed by atoms with Gasteiger partial charge in [0.15, 0.2) is 0 Å². The van der Waals surface area contributed by atoms with Crippen LogP contribution in [0.1, 0.15) is 21.5 Å². The molecule has 0 aliphatic carbocycles. The molecule has 0 aromatic heterocycles. The molecule has 3 aromatic carbocycles. The van der Waals surface area contributed by atoms with Crippen molar-refractivity contribution in [3.05, 3.63) is 95.3 Å². The molecule has 2 amide bonds. The molecule has 0 unspecified atom stereocenters. The molecule has 3 aromatic rings. The van der Waals surface area contributed by atoms with E-state index in [2.05, 4.69) is 5.32 Å². The minimum Gasteiger partial charge on any atom is -0.489 e. The van der Waals surface area contributed by atoms with Gasteiger partial charge in [-0.25, -0.2) is 4.39 Å². The van der Waals surface area contributed by atoms with E-state index in [1.807, 2.05) is 0 Å². The second-order valence-corrected chi connectivity index (χ2v) is 6.24. The third-order valence-corrected chi connectivity index (χ3v) is 4.01. The number of nitrogens with two attached hydrogens (primary N) is 1. The van der Waals surface area contributed by atoms with Crippen LogP contribution in [0.3, 0.4) is 0 Å². The summed E-state index contributed by atoms with van der Waals surface area (Å²) < 4.78 is 18.6. The fraction of sp³-hybridized carbons (Fsp3) is 0.0909. The average Bonchev–Trinajstić information content (AvgIpc) is 2.69. The predicted molar refractivity (Wildman–Crippen MR) is 104 cm³/mol. The summed E-state index contributed by atoms with van der Waals surface area (Å²) in [4.78, 5) is 23.4. The van der Waals surface area contributed by atoms with E-state index < -0.39 is 5.91 Å². The van der Waals surface area contributed by atoms with E-state index in [0.29, 0.717) is 17.0 Å². The molecule has 0 spiro atoms. The quantitative estimate of drug-likeness (QED) is 0.658. The number of hydrogen-bond donors (Lipinski definition) is 2. The number of nitrogens with one attached hydrogen (secondary N) is 1. The lowest BCUT2D eigenvalue weighted by atomic mass is 10.1. The Kier molecular flexibility index (Phi) is 6.01. The summed E-state index contributed by atoms with van der Waals surface area (Å²) in [6.07, 6.45) is 0.154. The van der Waals surface area contributed by atoms with E-state index in [9.17, 15) is 14.0 Å². The Morgan fingerprint density at radius 1 is 0.929 bits per heavy atom. The standard InChI is InChI=1S/C22H19FN2O3/c23-18-8-4-16(5-9-18)14-28-20-3-1-2-17(13-20)22(27)25-19-10-6-15(7-11-19)12-21(24)26/h1-11,13H,12,14H2,(H2,24,26)(H,25,27). The van der Waals surface area contributed by atoms with Gasteiger partial charge in [-0.1, -0.05) is 30.3 Å². The van der Waals surface area contributed by atoms with Gasteiger partial charge in [0.2, 0.25) is 5.91 Å². The Bertz CT molecular complexity index is 970. The van der Waals surface area contributed by atoms with Crippen molar-refractivity contribution in [1.82, 2.24) is 0 Å². The zero-order valence-corrected chi connectivity index (χ0v) is 15.0. The third-order valence-electron chi connectivity index (χ3n) is 4.01. The summed E-state index contributed by atoms with van der Waals surface area (Å²) in [6.45, 7) is 0.271. The lowest BCUT2D eigenvalue weighted by Crippen LogP contribution is -2.14. The molecule has 3 N–H and O–H groups in total. The highest BCUT2D eigenvalue weighted by atomic mass is 19.1.